The van der Waals surface area contributed by atoms with Gasteiger partial charge in [0, 0.05) is 23.7 Å². The van der Waals surface area contributed by atoms with Crippen molar-refractivity contribution < 1.29 is 9.53 Å². The third-order valence-electron chi connectivity index (χ3n) is 4.71. The number of nitrogens with zero attached hydrogens (tertiary/aromatic N) is 2. The molecule has 32 heavy (non-hydrogen) atoms. The number of rotatable bonds is 5. The maximum absolute atomic E-state index is 11.4. The lowest BCUT2D eigenvalue weighted by Crippen LogP contribution is -2.05. The Morgan fingerprint density at radius 3 is 2.34 bits per heavy atom. The molecule has 0 aliphatic heterocycles. The first-order chi connectivity index (χ1) is 15.5. The van der Waals surface area contributed by atoms with Crippen molar-refractivity contribution >= 4 is 23.2 Å². The SMILES string of the molecule is CC(=O)Nc1cccc(-c2cc(-c3ccc(Oc4ccccc4)cc3)c(C#N)c(Cl)n2)c1. The average molecular weight is 440 g/mol. The van der Waals surface area contributed by atoms with E-state index in [1.165, 1.54) is 6.92 Å². The van der Waals surface area contributed by atoms with Crippen molar-refractivity contribution in [3.63, 3.8) is 0 Å². The van der Waals surface area contributed by atoms with Crippen LogP contribution in [0.5, 0.6) is 11.5 Å². The summed E-state index contributed by atoms with van der Waals surface area (Å²) in [6.07, 6.45) is 0. The second-order valence-electron chi connectivity index (χ2n) is 7.03. The number of anilines is 1. The van der Waals surface area contributed by atoms with Crippen LogP contribution >= 0.6 is 11.6 Å². The Morgan fingerprint density at radius 1 is 0.938 bits per heavy atom. The number of hydrogen-bond donors (Lipinski definition) is 1. The molecule has 0 aliphatic carbocycles. The summed E-state index contributed by atoms with van der Waals surface area (Å²) in [7, 11) is 0. The number of halogens is 1. The van der Waals surface area contributed by atoms with Crippen LogP contribution in [0.15, 0.2) is 84.9 Å². The average Bonchev–Trinajstić information content (AvgIpc) is 2.79. The summed E-state index contributed by atoms with van der Waals surface area (Å²) in [5.74, 6) is 1.26. The quantitative estimate of drug-likeness (QED) is 0.351. The largest absolute Gasteiger partial charge is 0.457 e. The second-order valence-corrected chi connectivity index (χ2v) is 7.39. The highest BCUT2D eigenvalue weighted by Gasteiger charge is 2.15. The van der Waals surface area contributed by atoms with Crippen LogP contribution in [0.3, 0.4) is 0 Å². The molecular weight excluding hydrogens is 422 g/mol. The van der Waals surface area contributed by atoms with Gasteiger partial charge in [0.1, 0.15) is 22.7 Å². The number of nitrogens with one attached hydrogen (secondary N) is 1. The summed E-state index contributed by atoms with van der Waals surface area (Å²) in [4.78, 5) is 15.8. The number of carbonyl (C=O) groups is 1. The van der Waals surface area contributed by atoms with E-state index in [-0.39, 0.29) is 11.1 Å². The van der Waals surface area contributed by atoms with Gasteiger partial charge < -0.3 is 10.1 Å². The van der Waals surface area contributed by atoms with Crippen LogP contribution in [0.1, 0.15) is 12.5 Å². The standard InChI is InChI=1S/C26H18ClN3O2/c1-17(31)29-20-7-5-6-19(14-20)25-15-23(24(16-28)26(27)30-25)18-10-12-22(13-11-18)32-21-8-3-2-4-9-21/h2-15H,1H3,(H,29,31). The fourth-order valence-electron chi connectivity index (χ4n) is 3.28. The van der Waals surface area contributed by atoms with Crippen LogP contribution in [0.25, 0.3) is 22.4 Å². The van der Waals surface area contributed by atoms with Crippen LogP contribution in [0.4, 0.5) is 5.69 Å². The first kappa shape index (κ1) is 21.1. The predicted octanol–water partition coefficient (Wildman–Crippen LogP) is 6.69. The lowest BCUT2D eigenvalue weighted by atomic mass is 9.99. The smallest absolute Gasteiger partial charge is 0.221 e. The zero-order valence-electron chi connectivity index (χ0n) is 17.2. The Labute approximate surface area is 190 Å². The number of ether oxygens (including phenoxy) is 1. The molecule has 0 bridgehead atoms. The minimum Gasteiger partial charge on any atom is -0.457 e. The van der Waals surface area contributed by atoms with Crippen molar-refractivity contribution in [3.05, 3.63) is 95.6 Å². The van der Waals surface area contributed by atoms with E-state index in [1.54, 1.807) is 6.07 Å². The van der Waals surface area contributed by atoms with Crippen molar-refractivity contribution in [3.8, 4) is 40.0 Å². The van der Waals surface area contributed by atoms with Crippen molar-refractivity contribution in [1.82, 2.24) is 4.98 Å². The monoisotopic (exact) mass is 439 g/mol. The highest BCUT2D eigenvalue weighted by Crippen LogP contribution is 2.34. The highest BCUT2D eigenvalue weighted by molar-refractivity contribution is 6.31. The number of benzene rings is 3. The first-order valence-electron chi connectivity index (χ1n) is 9.85. The summed E-state index contributed by atoms with van der Waals surface area (Å²) < 4.78 is 5.85. The van der Waals surface area contributed by atoms with E-state index in [1.807, 2.05) is 78.9 Å². The molecule has 0 fully saturated rings. The van der Waals surface area contributed by atoms with Crippen molar-refractivity contribution in [1.29, 1.82) is 5.26 Å². The lowest BCUT2D eigenvalue weighted by molar-refractivity contribution is -0.114. The van der Waals surface area contributed by atoms with Gasteiger partial charge in [0.15, 0.2) is 0 Å². The zero-order chi connectivity index (χ0) is 22.5. The molecule has 4 rings (SSSR count). The molecule has 0 aliphatic rings. The van der Waals surface area contributed by atoms with Gasteiger partial charge >= 0.3 is 0 Å². The number of amides is 1. The molecule has 3 aromatic carbocycles. The molecule has 1 amide bonds. The Balaban J connectivity index is 1.70. The van der Waals surface area contributed by atoms with Gasteiger partial charge in [0.05, 0.1) is 11.3 Å². The van der Waals surface area contributed by atoms with Crippen LogP contribution in [-0.2, 0) is 4.79 Å². The topological polar surface area (TPSA) is 75.0 Å². The summed E-state index contributed by atoms with van der Waals surface area (Å²) >= 11 is 6.37. The fraction of sp³-hybridized carbons (Fsp3) is 0.0385. The van der Waals surface area contributed by atoms with Gasteiger partial charge in [-0.2, -0.15) is 5.26 Å². The first-order valence-corrected chi connectivity index (χ1v) is 10.2. The Bertz CT molecular complexity index is 1310. The number of para-hydroxylation sites is 1. The van der Waals surface area contributed by atoms with Crippen LogP contribution in [-0.4, -0.2) is 10.9 Å². The van der Waals surface area contributed by atoms with Crippen LogP contribution in [0.2, 0.25) is 5.15 Å². The molecule has 0 saturated heterocycles. The maximum atomic E-state index is 11.4. The molecular formula is C26H18ClN3O2. The zero-order valence-corrected chi connectivity index (χ0v) is 17.9. The normalized spacial score (nSPS) is 10.3. The Kier molecular flexibility index (Phi) is 6.16. The number of carbonyl (C=O) groups excluding carboxylic acids is 1. The van der Waals surface area contributed by atoms with Gasteiger partial charge in [-0.1, -0.05) is 54.1 Å². The highest BCUT2D eigenvalue weighted by atomic mass is 35.5. The lowest BCUT2D eigenvalue weighted by Gasteiger charge is -2.11. The van der Waals surface area contributed by atoms with Gasteiger partial charge in [0.25, 0.3) is 0 Å². The molecule has 0 radical (unpaired) electrons. The minimum absolute atomic E-state index is 0.120. The second kappa shape index (κ2) is 9.34. The van der Waals surface area contributed by atoms with Gasteiger partial charge in [-0.15, -0.1) is 0 Å². The minimum atomic E-state index is -0.161. The summed E-state index contributed by atoms with van der Waals surface area (Å²) in [5, 5.41) is 12.5. The van der Waals surface area contributed by atoms with E-state index in [2.05, 4.69) is 16.4 Å². The summed E-state index contributed by atoms with van der Waals surface area (Å²) in [6, 6.07) is 28.2. The Morgan fingerprint density at radius 2 is 1.66 bits per heavy atom. The van der Waals surface area contributed by atoms with Gasteiger partial charge in [-0.25, -0.2) is 4.98 Å². The molecule has 0 saturated carbocycles. The molecule has 1 aromatic heterocycles. The van der Waals surface area contributed by atoms with E-state index in [0.717, 1.165) is 16.9 Å². The van der Waals surface area contributed by atoms with Crippen molar-refractivity contribution in [2.45, 2.75) is 6.92 Å². The molecule has 156 valence electrons. The molecule has 5 nitrogen and oxygen atoms in total. The van der Waals surface area contributed by atoms with E-state index in [4.69, 9.17) is 16.3 Å². The van der Waals surface area contributed by atoms with Gasteiger partial charge in [-0.3, -0.25) is 4.79 Å². The molecule has 0 spiro atoms. The summed E-state index contributed by atoms with van der Waals surface area (Å²) in [6.45, 7) is 1.45. The molecule has 0 atom stereocenters. The van der Waals surface area contributed by atoms with Gasteiger partial charge in [-0.05, 0) is 48.0 Å². The number of nitriles is 1. The van der Waals surface area contributed by atoms with Crippen LogP contribution in [0, 0.1) is 11.3 Å². The molecule has 0 unspecified atom stereocenters. The third kappa shape index (κ3) is 4.77. The van der Waals surface area contributed by atoms with Crippen molar-refractivity contribution in [2.75, 3.05) is 5.32 Å². The van der Waals surface area contributed by atoms with Crippen LogP contribution < -0.4 is 10.1 Å². The number of hydrogen-bond acceptors (Lipinski definition) is 4. The number of pyridine rings is 1. The molecule has 1 heterocycles. The van der Waals surface area contributed by atoms with E-state index in [0.29, 0.717) is 28.3 Å². The molecule has 1 N–H and O–H groups in total. The van der Waals surface area contributed by atoms with Crippen molar-refractivity contribution in [2.24, 2.45) is 0 Å². The van der Waals surface area contributed by atoms with E-state index in [9.17, 15) is 10.1 Å². The fourth-order valence-corrected chi connectivity index (χ4v) is 3.52. The Hall–Kier alpha value is -4.14. The molecule has 6 heteroatoms. The third-order valence-corrected chi connectivity index (χ3v) is 4.98. The number of aromatic nitrogens is 1. The predicted molar refractivity (Wildman–Crippen MR) is 126 cm³/mol. The molecule has 4 aromatic rings. The maximum Gasteiger partial charge on any atom is 0.221 e. The van der Waals surface area contributed by atoms with E-state index >= 15 is 0 Å². The van der Waals surface area contributed by atoms with Gasteiger partial charge in [0.2, 0.25) is 5.91 Å². The summed E-state index contributed by atoms with van der Waals surface area (Å²) in [5.41, 5.74) is 3.80. The van der Waals surface area contributed by atoms with E-state index < -0.39 is 0 Å².